The maximum atomic E-state index is 12.3. The number of aromatic nitrogens is 2. The first-order valence-corrected chi connectivity index (χ1v) is 9.43. The molecule has 2 N–H and O–H groups in total. The number of nitrogens with one attached hydrogen (secondary N) is 2. The molecule has 0 bridgehead atoms. The fourth-order valence-electron chi connectivity index (χ4n) is 3.47. The van der Waals surface area contributed by atoms with Gasteiger partial charge in [-0.15, -0.1) is 24.8 Å². The number of nitro benzene ring substituents is 1. The summed E-state index contributed by atoms with van der Waals surface area (Å²) >= 11 is 0. The van der Waals surface area contributed by atoms with Gasteiger partial charge in [0.05, 0.1) is 11.3 Å². The number of hydrogen-bond donors (Lipinski definition) is 2. The number of rotatable bonds is 7. The standard InChI is InChI=1S/C19H25N5O3.2ClH/c25-19(22-10-9-21-16-5-3-1-2-4-6-16)15-7-8-17(18(13-15)24(26)27)23-12-11-20-14-23;;/h7-8,11-14,16,21H,1-6,9-10H2,(H,22,25);2*1H. The first-order valence-electron chi connectivity index (χ1n) is 9.43. The topological polar surface area (TPSA) is 102 Å². The van der Waals surface area contributed by atoms with Crippen LogP contribution in [-0.2, 0) is 0 Å². The molecular formula is C19H27Cl2N5O3. The molecule has 1 aliphatic carbocycles. The SMILES string of the molecule is Cl.Cl.O=C(NCCNC1CCCCCC1)c1ccc(-n2ccnc2)c([N+](=O)[O-])c1. The molecule has 1 amide bonds. The molecule has 1 aliphatic rings. The van der Waals surface area contributed by atoms with Gasteiger partial charge in [0.25, 0.3) is 11.6 Å². The number of imidazole rings is 1. The van der Waals surface area contributed by atoms with E-state index in [1.165, 1.54) is 50.9 Å². The zero-order valence-corrected chi connectivity index (χ0v) is 17.7. The Morgan fingerprint density at radius 2 is 1.90 bits per heavy atom. The Morgan fingerprint density at radius 1 is 1.17 bits per heavy atom. The Kier molecular flexibility index (Phi) is 10.6. The summed E-state index contributed by atoms with van der Waals surface area (Å²) in [6.07, 6.45) is 12.2. The van der Waals surface area contributed by atoms with E-state index < -0.39 is 4.92 Å². The van der Waals surface area contributed by atoms with Crippen molar-refractivity contribution in [3.8, 4) is 5.69 Å². The number of benzene rings is 1. The summed E-state index contributed by atoms with van der Waals surface area (Å²) in [5.41, 5.74) is 0.529. The van der Waals surface area contributed by atoms with Gasteiger partial charge < -0.3 is 15.2 Å². The van der Waals surface area contributed by atoms with E-state index in [-0.39, 0.29) is 42.0 Å². The van der Waals surface area contributed by atoms with Crippen LogP contribution in [0.25, 0.3) is 5.69 Å². The highest BCUT2D eigenvalue weighted by Crippen LogP contribution is 2.24. The lowest BCUT2D eigenvalue weighted by Crippen LogP contribution is -2.36. The molecule has 1 heterocycles. The molecule has 1 fully saturated rings. The van der Waals surface area contributed by atoms with Crippen LogP contribution in [0.5, 0.6) is 0 Å². The van der Waals surface area contributed by atoms with Crippen LogP contribution in [-0.4, -0.2) is 39.5 Å². The molecule has 0 saturated heterocycles. The van der Waals surface area contributed by atoms with Gasteiger partial charge in [-0.25, -0.2) is 4.98 Å². The number of nitrogens with zero attached hydrogens (tertiary/aromatic N) is 3. The van der Waals surface area contributed by atoms with E-state index in [1.807, 2.05) is 0 Å². The van der Waals surface area contributed by atoms with Gasteiger partial charge in [0.15, 0.2) is 0 Å². The summed E-state index contributed by atoms with van der Waals surface area (Å²) in [6.45, 7) is 1.19. The van der Waals surface area contributed by atoms with Gasteiger partial charge in [-0.3, -0.25) is 14.9 Å². The molecule has 1 aromatic heterocycles. The van der Waals surface area contributed by atoms with Gasteiger partial charge in [0, 0.05) is 43.2 Å². The maximum Gasteiger partial charge on any atom is 0.294 e. The summed E-state index contributed by atoms with van der Waals surface area (Å²) < 4.78 is 1.55. The largest absolute Gasteiger partial charge is 0.351 e. The lowest BCUT2D eigenvalue weighted by molar-refractivity contribution is -0.384. The van der Waals surface area contributed by atoms with Crippen molar-refractivity contribution in [2.75, 3.05) is 13.1 Å². The van der Waals surface area contributed by atoms with Crippen molar-refractivity contribution in [1.29, 1.82) is 0 Å². The molecule has 10 heteroatoms. The van der Waals surface area contributed by atoms with Gasteiger partial charge in [-0.1, -0.05) is 25.7 Å². The summed E-state index contributed by atoms with van der Waals surface area (Å²) in [5.74, 6) is -0.307. The fraction of sp³-hybridized carbons (Fsp3) is 0.474. The Hall–Kier alpha value is -2.16. The van der Waals surface area contributed by atoms with Gasteiger partial charge in [-0.2, -0.15) is 0 Å². The number of amides is 1. The van der Waals surface area contributed by atoms with E-state index in [4.69, 9.17) is 0 Å². The molecule has 0 aliphatic heterocycles. The lowest BCUT2D eigenvalue weighted by atomic mass is 10.1. The van der Waals surface area contributed by atoms with Crippen LogP contribution in [0.2, 0.25) is 0 Å². The molecule has 160 valence electrons. The highest BCUT2D eigenvalue weighted by Gasteiger charge is 2.18. The van der Waals surface area contributed by atoms with Crippen LogP contribution in [0.1, 0.15) is 48.9 Å². The van der Waals surface area contributed by atoms with Crippen molar-refractivity contribution in [2.24, 2.45) is 0 Å². The first-order chi connectivity index (χ1) is 13.1. The normalized spacial score (nSPS) is 14.2. The van der Waals surface area contributed by atoms with Gasteiger partial charge in [-0.05, 0) is 25.0 Å². The van der Waals surface area contributed by atoms with E-state index in [2.05, 4.69) is 15.6 Å². The third-order valence-corrected chi connectivity index (χ3v) is 4.92. The monoisotopic (exact) mass is 443 g/mol. The Bertz CT molecular complexity index is 778. The van der Waals surface area contributed by atoms with Crippen LogP contribution in [0.15, 0.2) is 36.9 Å². The smallest absolute Gasteiger partial charge is 0.294 e. The van der Waals surface area contributed by atoms with Crippen molar-refractivity contribution in [1.82, 2.24) is 20.2 Å². The number of hydrogen-bond acceptors (Lipinski definition) is 5. The molecule has 0 radical (unpaired) electrons. The molecule has 29 heavy (non-hydrogen) atoms. The predicted octanol–water partition coefficient (Wildman–Crippen LogP) is 3.67. The fourth-order valence-corrected chi connectivity index (χ4v) is 3.47. The molecule has 8 nitrogen and oxygen atoms in total. The van der Waals surface area contributed by atoms with Crippen LogP contribution < -0.4 is 10.6 Å². The van der Waals surface area contributed by atoms with Crippen molar-refractivity contribution in [2.45, 2.75) is 44.6 Å². The van der Waals surface area contributed by atoms with Gasteiger partial charge in [0.1, 0.15) is 5.69 Å². The highest BCUT2D eigenvalue weighted by molar-refractivity contribution is 5.95. The van der Waals surface area contributed by atoms with Crippen LogP contribution >= 0.6 is 24.8 Å². The molecule has 0 spiro atoms. The Labute approximate surface area is 182 Å². The summed E-state index contributed by atoms with van der Waals surface area (Å²) in [4.78, 5) is 27.1. The van der Waals surface area contributed by atoms with Crippen molar-refractivity contribution >= 4 is 36.4 Å². The minimum atomic E-state index is -0.486. The Balaban J connectivity index is 0.00000210. The minimum absolute atomic E-state index is 0. The first kappa shape index (κ1) is 24.9. The van der Waals surface area contributed by atoms with E-state index in [9.17, 15) is 14.9 Å². The van der Waals surface area contributed by atoms with Gasteiger partial charge in [0.2, 0.25) is 0 Å². The third kappa shape index (κ3) is 6.99. The second-order valence-electron chi connectivity index (χ2n) is 6.83. The molecular weight excluding hydrogens is 417 g/mol. The summed E-state index contributed by atoms with van der Waals surface area (Å²) in [7, 11) is 0. The number of carbonyl (C=O) groups is 1. The van der Waals surface area contributed by atoms with Crippen molar-refractivity contribution < 1.29 is 9.72 Å². The molecule has 0 unspecified atom stereocenters. The quantitative estimate of drug-likeness (QED) is 0.294. The average Bonchev–Trinajstić information content (AvgIpc) is 3.08. The predicted molar refractivity (Wildman–Crippen MR) is 117 cm³/mol. The molecule has 0 atom stereocenters. The van der Waals surface area contributed by atoms with Crippen molar-refractivity contribution in [3.05, 3.63) is 52.6 Å². The molecule has 3 rings (SSSR count). The zero-order chi connectivity index (χ0) is 19.1. The van der Waals surface area contributed by atoms with Crippen LogP contribution in [0, 0.1) is 10.1 Å². The summed E-state index contributed by atoms with van der Waals surface area (Å²) in [6, 6.07) is 5.00. The number of carbonyl (C=O) groups excluding carboxylic acids is 1. The molecule has 1 saturated carbocycles. The molecule has 2 aromatic rings. The lowest BCUT2D eigenvalue weighted by Gasteiger charge is -2.16. The van der Waals surface area contributed by atoms with Crippen LogP contribution in [0.4, 0.5) is 5.69 Å². The minimum Gasteiger partial charge on any atom is -0.351 e. The maximum absolute atomic E-state index is 12.3. The zero-order valence-electron chi connectivity index (χ0n) is 16.1. The number of halogens is 2. The van der Waals surface area contributed by atoms with E-state index >= 15 is 0 Å². The summed E-state index contributed by atoms with van der Waals surface area (Å²) in [5, 5.41) is 17.7. The van der Waals surface area contributed by atoms with E-state index in [0.717, 1.165) is 0 Å². The second-order valence-corrected chi connectivity index (χ2v) is 6.83. The van der Waals surface area contributed by atoms with Gasteiger partial charge >= 0.3 is 0 Å². The highest BCUT2D eigenvalue weighted by atomic mass is 35.5. The van der Waals surface area contributed by atoms with Crippen LogP contribution in [0.3, 0.4) is 0 Å². The molecule has 1 aromatic carbocycles. The number of nitro groups is 1. The third-order valence-electron chi connectivity index (χ3n) is 4.92. The second kappa shape index (κ2) is 12.4. The average molecular weight is 444 g/mol. The van der Waals surface area contributed by atoms with E-state index in [1.54, 1.807) is 29.1 Å². The Morgan fingerprint density at radius 3 is 2.52 bits per heavy atom. The van der Waals surface area contributed by atoms with Crippen molar-refractivity contribution in [3.63, 3.8) is 0 Å². The van der Waals surface area contributed by atoms with E-state index in [0.29, 0.717) is 24.8 Å².